The fourth-order valence-electron chi connectivity index (χ4n) is 4.35. The van der Waals surface area contributed by atoms with E-state index in [1.165, 1.54) is 12.1 Å². The first kappa shape index (κ1) is 37.7. The van der Waals surface area contributed by atoms with Crippen LogP contribution < -0.4 is 42.0 Å². The predicted molar refractivity (Wildman–Crippen MR) is 181 cm³/mol. The molecule has 3 heterocycles. The van der Waals surface area contributed by atoms with Crippen molar-refractivity contribution >= 4 is 51.2 Å². The number of fused-ring (bicyclic) bond motifs is 2. The van der Waals surface area contributed by atoms with Crippen LogP contribution in [0.25, 0.3) is 21.8 Å². The second-order valence-electron chi connectivity index (χ2n) is 10.2. The molecule has 0 saturated heterocycles. The standard InChI is InChI=1S/C31H32N8O5.C2HF3O2/c32-9-12-42-19-15-24(30(40)38-28-17-26(43-13-10-33)20-5-1-3-7-22(20)36-28)35-25(16-19)31(41)39-29-18-27(44-14-11-34)21-6-2-4-8-23(21)37-29;3-2(4,5)1(6)7/h1-8,15-18H,9-14,32-34H2,(H,36,38,40)(H,37,39,41);(H,6,7). The largest absolute Gasteiger partial charge is 0.492 e. The third-order valence-electron chi connectivity index (χ3n) is 6.48. The number of carbonyl (C=O) groups excluding carboxylic acids is 2. The summed E-state index contributed by atoms with van der Waals surface area (Å²) in [6, 6.07) is 20.8. The second-order valence-corrected chi connectivity index (χ2v) is 10.2. The van der Waals surface area contributed by atoms with E-state index in [-0.39, 0.29) is 55.1 Å². The predicted octanol–water partition coefficient (Wildman–Crippen LogP) is 3.33. The summed E-state index contributed by atoms with van der Waals surface area (Å²) >= 11 is 0. The molecule has 0 aliphatic heterocycles. The van der Waals surface area contributed by atoms with Crippen LogP contribution in [0.3, 0.4) is 0 Å². The molecule has 0 atom stereocenters. The van der Waals surface area contributed by atoms with Gasteiger partial charge in [-0.2, -0.15) is 13.2 Å². The number of rotatable bonds is 13. The Morgan fingerprint density at radius 3 is 1.43 bits per heavy atom. The Morgan fingerprint density at radius 1 is 0.647 bits per heavy atom. The van der Waals surface area contributed by atoms with Crippen molar-refractivity contribution in [2.45, 2.75) is 6.18 Å². The number of pyridine rings is 3. The SMILES string of the molecule is NCCOc1cc(C(=O)Nc2cc(OCCN)c3ccccc3n2)nc(C(=O)Nc2cc(OCCN)c3ccccc3n2)c1.O=C(O)C(F)(F)F. The van der Waals surface area contributed by atoms with Gasteiger partial charge in [0.05, 0.1) is 11.0 Å². The molecule has 0 bridgehead atoms. The number of amides is 2. The van der Waals surface area contributed by atoms with Gasteiger partial charge in [-0.25, -0.2) is 19.7 Å². The monoisotopic (exact) mass is 710 g/mol. The summed E-state index contributed by atoms with van der Waals surface area (Å²) in [7, 11) is 0. The third-order valence-corrected chi connectivity index (χ3v) is 6.48. The van der Waals surface area contributed by atoms with Crippen LogP contribution in [0.5, 0.6) is 17.2 Å². The van der Waals surface area contributed by atoms with E-state index in [0.717, 1.165) is 10.8 Å². The molecule has 0 aliphatic rings. The highest BCUT2D eigenvalue weighted by Gasteiger charge is 2.38. The van der Waals surface area contributed by atoms with Gasteiger partial charge in [-0.05, 0) is 24.3 Å². The number of nitrogens with two attached hydrogens (primary N) is 3. The topological polar surface area (TPSA) is 240 Å². The number of hydrogen-bond donors (Lipinski definition) is 6. The maximum Gasteiger partial charge on any atom is 0.490 e. The van der Waals surface area contributed by atoms with Crippen molar-refractivity contribution in [3.63, 3.8) is 0 Å². The van der Waals surface area contributed by atoms with Crippen molar-refractivity contribution in [3.8, 4) is 17.2 Å². The molecule has 0 unspecified atom stereocenters. The first-order valence-corrected chi connectivity index (χ1v) is 15.2. The number of halogens is 3. The van der Waals surface area contributed by atoms with Crippen molar-refractivity contribution in [3.05, 3.63) is 84.2 Å². The molecular weight excluding hydrogens is 677 g/mol. The molecule has 3 aromatic heterocycles. The maximum absolute atomic E-state index is 13.4. The molecule has 18 heteroatoms. The smallest absolute Gasteiger partial charge is 0.490 e. The molecule has 268 valence electrons. The molecule has 2 aromatic carbocycles. The van der Waals surface area contributed by atoms with E-state index in [0.29, 0.717) is 35.6 Å². The van der Waals surface area contributed by atoms with Gasteiger partial charge in [-0.1, -0.05) is 24.3 Å². The van der Waals surface area contributed by atoms with Gasteiger partial charge >= 0.3 is 12.1 Å². The van der Waals surface area contributed by atoms with E-state index in [4.69, 9.17) is 41.3 Å². The van der Waals surface area contributed by atoms with E-state index >= 15 is 0 Å². The molecule has 2 amide bonds. The first-order valence-electron chi connectivity index (χ1n) is 15.2. The van der Waals surface area contributed by atoms with Crippen molar-refractivity contribution in [2.24, 2.45) is 17.2 Å². The average Bonchev–Trinajstić information content (AvgIpc) is 3.11. The number of hydrogen-bond acceptors (Lipinski definition) is 12. The van der Waals surface area contributed by atoms with Crippen LogP contribution >= 0.6 is 0 Å². The van der Waals surface area contributed by atoms with Gasteiger partial charge in [-0.3, -0.25) is 9.59 Å². The molecule has 0 aliphatic carbocycles. The second kappa shape index (κ2) is 17.5. The summed E-state index contributed by atoms with van der Waals surface area (Å²) in [6.07, 6.45) is -5.08. The Hall–Kier alpha value is -6.11. The zero-order valence-electron chi connectivity index (χ0n) is 26.8. The molecule has 9 N–H and O–H groups in total. The van der Waals surface area contributed by atoms with Crippen molar-refractivity contribution in [2.75, 3.05) is 50.1 Å². The zero-order chi connectivity index (χ0) is 37.0. The number of aromatic nitrogens is 3. The lowest BCUT2D eigenvalue weighted by Gasteiger charge is -2.13. The Morgan fingerprint density at radius 2 is 1.04 bits per heavy atom. The highest BCUT2D eigenvalue weighted by Crippen LogP contribution is 2.29. The summed E-state index contributed by atoms with van der Waals surface area (Å²) in [5.74, 6) is -2.27. The van der Waals surface area contributed by atoms with Crippen molar-refractivity contribution in [1.29, 1.82) is 0 Å². The normalized spacial score (nSPS) is 10.9. The zero-order valence-corrected chi connectivity index (χ0v) is 26.8. The molecule has 5 aromatic rings. The average molecular weight is 711 g/mol. The number of nitrogens with zero attached hydrogens (tertiary/aromatic N) is 3. The fourth-order valence-corrected chi connectivity index (χ4v) is 4.35. The minimum Gasteiger partial charge on any atom is -0.492 e. The maximum atomic E-state index is 13.4. The van der Waals surface area contributed by atoms with E-state index < -0.39 is 24.0 Å². The molecule has 0 spiro atoms. The van der Waals surface area contributed by atoms with Crippen LogP contribution in [0.2, 0.25) is 0 Å². The Labute approximate surface area is 287 Å². The number of carboxylic acid groups (broad SMARTS) is 1. The molecule has 0 saturated carbocycles. The number of anilines is 2. The molecule has 15 nitrogen and oxygen atoms in total. The van der Waals surface area contributed by atoms with Crippen LogP contribution in [0.1, 0.15) is 21.0 Å². The van der Waals surface area contributed by atoms with Crippen LogP contribution in [0.15, 0.2) is 72.8 Å². The lowest BCUT2D eigenvalue weighted by atomic mass is 10.2. The number of nitrogens with one attached hydrogen (secondary N) is 2. The number of alkyl halides is 3. The molecule has 5 rings (SSSR count). The summed E-state index contributed by atoms with van der Waals surface area (Å²) in [4.78, 5) is 49.1. The van der Waals surface area contributed by atoms with Crippen LogP contribution in [-0.2, 0) is 4.79 Å². The van der Waals surface area contributed by atoms with E-state index in [1.807, 2.05) is 36.4 Å². The minimum atomic E-state index is -5.08. The molecular formula is C33H33F3N8O7. The molecule has 0 radical (unpaired) electrons. The van der Waals surface area contributed by atoms with Gasteiger partial charge in [0.1, 0.15) is 60.1 Å². The van der Waals surface area contributed by atoms with Gasteiger partial charge in [0.15, 0.2) is 0 Å². The molecule has 0 fully saturated rings. The van der Waals surface area contributed by atoms with Crippen LogP contribution in [0, 0.1) is 0 Å². The van der Waals surface area contributed by atoms with E-state index in [1.54, 1.807) is 24.3 Å². The lowest BCUT2D eigenvalue weighted by Crippen LogP contribution is -2.21. The number of carbonyl (C=O) groups is 3. The van der Waals surface area contributed by atoms with E-state index in [9.17, 15) is 22.8 Å². The Balaban J connectivity index is 0.000000755. The fraction of sp³-hybridized carbons (Fsp3) is 0.212. The molecule has 51 heavy (non-hydrogen) atoms. The summed E-state index contributed by atoms with van der Waals surface area (Å²) in [5.41, 5.74) is 17.9. The van der Waals surface area contributed by atoms with Gasteiger partial charge in [-0.15, -0.1) is 0 Å². The van der Waals surface area contributed by atoms with Gasteiger partial charge in [0.2, 0.25) is 0 Å². The Kier molecular flexibility index (Phi) is 13.0. The number of carboxylic acids is 1. The summed E-state index contributed by atoms with van der Waals surface area (Å²) < 4.78 is 49.0. The quantitative estimate of drug-likeness (QED) is 0.103. The Bertz CT molecular complexity index is 1890. The third kappa shape index (κ3) is 10.4. The van der Waals surface area contributed by atoms with Crippen LogP contribution in [0.4, 0.5) is 24.8 Å². The first-order chi connectivity index (χ1) is 24.4. The minimum absolute atomic E-state index is 0.0810. The number of para-hydroxylation sites is 2. The van der Waals surface area contributed by atoms with Gasteiger partial charge < -0.3 is 47.2 Å². The number of aliphatic carboxylic acids is 1. The lowest BCUT2D eigenvalue weighted by molar-refractivity contribution is -0.192. The van der Waals surface area contributed by atoms with E-state index in [2.05, 4.69) is 25.6 Å². The van der Waals surface area contributed by atoms with Gasteiger partial charge in [0, 0.05) is 54.7 Å². The van der Waals surface area contributed by atoms with Crippen LogP contribution in [-0.4, -0.2) is 83.5 Å². The number of ether oxygens (including phenoxy) is 3. The summed E-state index contributed by atoms with van der Waals surface area (Å²) in [6.45, 7) is 1.60. The van der Waals surface area contributed by atoms with Crippen molar-refractivity contribution < 1.29 is 46.9 Å². The summed E-state index contributed by atoms with van der Waals surface area (Å²) in [5, 5.41) is 14.1. The van der Waals surface area contributed by atoms with Crippen molar-refractivity contribution in [1.82, 2.24) is 15.0 Å². The van der Waals surface area contributed by atoms with Gasteiger partial charge in [0.25, 0.3) is 11.8 Å². The highest BCUT2D eigenvalue weighted by molar-refractivity contribution is 6.07. The number of benzene rings is 2. The highest BCUT2D eigenvalue weighted by atomic mass is 19.4.